The summed E-state index contributed by atoms with van der Waals surface area (Å²) >= 11 is 0. The number of rotatable bonds is 2. The Morgan fingerprint density at radius 1 is 1.43 bits per heavy atom. The van der Waals surface area contributed by atoms with Crippen LogP contribution in [-0.4, -0.2) is 16.6 Å². The van der Waals surface area contributed by atoms with Crippen LogP contribution in [0.25, 0.3) is 11.0 Å². The summed E-state index contributed by atoms with van der Waals surface area (Å²) in [6.45, 7) is 2.55. The summed E-state index contributed by atoms with van der Waals surface area (Å²) in [5.41, 5.74) is 7.05. The summed E-state index contributed by atoms with van der Waals surface area (Å²) in [5.74, 6) is 1.17. The molecule has 2 rings (SSSR count). The second-order valence-electron chi connectivity index (χ2n) is 2.85. The molecule has 72 valence electrons. The maximum atomic E-state index is 5.53. The van der Waals surface area contributed by atoms with E-state index in [0.29, 0.717) is 12.4 Å². The van der Waals surface area contributed by atoms with E-state index in [1.54, 1.807) is 0 Å². The lowest BCUT2D eigenvalue weighted by molar-refractivity contribution is 0.343. The monoisotopic (exact) mass is 189 g/mol. The van der Waals surface area contributed by atoms with Crippen LogP contribution in [-0.2, 0) is 0 Å². The molecule has 0 unspecified atom stereocenters. The SMILES string of the molecule is CCOc1cccc2nc(N)cnc12. The first-order chi connectivity index (χ1) is 6.81. The van der Waals surface area contributed by atoms with Crippen LogP contribution < -0.4 is 10.5 Å². The summed E-state index contributed by atoms with van der Waals surface area (Å²) < 4.78 is 5.42. The zero-order valence-corrected chi connectivity index (χ0v) is 7.90. The van der Waals surface area contributed by atoms with E-state index in [0.717, 1.165) is 16.8 Å². The van der Waals surface area contributed by atoms with Gasteiger partial charge in [0.2, 0.25) is 0 Å². The first kappa shape index (κ1) is 8.74. The van der Waals surface area contributed by atoms with Crippen LogP contribution in [0, 0.1) is 0 Å². The summed E-state index contributed by atoms with van der Waals surface area (Å²) in [6.07, 6.45) is 1.53. The number of benzene rings is 1. The number of hydrogen-bond donors (Lipinski definition) is 1. The van der Waals surface area contributed by atoms with E-state index in [-0.39, 0.29) is 0 Å². The molecule has 1 aromatic heterocycles. The lowest BCUT2D eigenvalue weighted by atomic mass is 10.3. The summed E-state index contributed by atoms with van der Waals surface area (Å²) in [7, 11) is 0. The van der Waals surface area contributed by atoms with Crippen LogP contribution in [0.15, 0.2) is 24.4 Å². The van der Waals surface area contributed by atoms with Crippen molar-refractivity contribution in [1.82, 2.24) is 9.97 Å². The maximum Gasteiger partial charge on any atom is 0.147 e. The number of aromatic nitrogens is 2. The highest BCUT2D eigenvalue weighted by Crippen LogP contribution is 2.22. The minimum atomic E-state index is 0.422. The molecule has 0 aliphatic carbocycles. The third-order valence-electron chi connectivity index (χ3n) is 1.85. The van der Waals surface area contributed by atoms with Gasteiger partial charge in [-0.25, -0.2) is 9.97 Å². The van der Waals surface area contributed by atoms with Gasteiger partial charge >= 0.3 is 0 Å². The Balaban J connectivity index is 2.62. The lowest BCUT2D eigenvalue weighted by Crippen LogP contribution is -1.96. The lowest BCUT2D eigenvalue weighted by Gasteiger charge is -2.05. The Hall–Kier alpha value is -1.84. The minimum absolute atomic E-state index is 0.422. The number of ether oxygens (including phenoxy) is 1. The molecule has 0 radical (unpaired) electrons. The average Bonchev–Trinajstić information content (AvgIpc) is 2.18. The molecule has 1 heterocycles. The van der Waals surface area contributed by atoms with Crippen molar-refractivity contribution >= 4 is 16.9 Å². The highest BCUT2D eigenvalue weighted by atomic mass is 16.5. The van der Waals surface area contributed by atoms with Gasteiger partial charge in [-0.1, -0.05) is 6.07 Å². The average molecular weight is 189 g/mol. The molecule has 4 heteroatoms. The van der Waals surface area contributed by atoms with Crippen molar-refractivity contribution in [2.45, 2.75) is 6.92 Å². The molecule has 0 atom stereocenters. The van der Waals surface area contributed by atoms with Crippen molar-refractivity contribution in [2.24, 2.45) is 0 Å². The third kappa shape index (κ3) is 1.46. The van der Waals surface area contributed by atoms with Gasteiger partial charge in [0, 0.05) is 0 Å². The highest BCUT2D eigenvalue weighted by Gasteiger charge is 2.03. The van der Waals surface area contributed by atoms with Crippen molar-refractivity contribution < 1.29 is 4.74 Å². The molecule has 0 aliphatic heterocycles. The molecule has 0 fully saturated rings. The Morgan fingerprint density at radius 3 is 3.07 bits per heavy atom. The van der Waals surface area contributed by atoms with Gasteiger partial charge < -0.3 is 10.5 Å². The van der Waals surface area contributed by atoms with Crippen molar-refractivity contribution in [3.63, 3.8) is 0 Å². The Labute approximate surface area is 81.7 Å². The van der Waals surface area contributed by atoms with Gasteiger partial charge in [0.25, 0.3) is 0 Å². The number of para-hydroxylation sites is 1. The van der Waals surface area contributed by atoms with Gasteiger partial charge in [-0.2, -0.15) is 0 Å². The Morgan fingerprint density at radius 2 is 2.29 bits per heavy atom. The molecule has 0 spiro atoms. The molecule has 2 aromatic rings. The topological polar surface area (TPSA) is 61.0 Å². The normalized spacial score (nSPS) is 10.4. The van der Waals surface area contributed by atoms with Crippen molar-refractivity contribution in [1.29, 1.82) is 0 Å². The standard InChI is InChI=1S/C10H11N3O/c1-2-14-8-5-3-4-7-10(8)12-6-9(11)13-7/h3-6H,2H2,1H3,(H2,11,13). The Kier molecular flexibility index (Phi) is 2.18. The molecule has 0 amide bonds. The minimum Gasteiger partial charge on any atom is -0.492 e. The van der Waals surface area contributed by atoms with Gasteiger partial charge in [-0.15, -0.1) is 0 Å². The zero-order valence-electron chi connectivity index (χ0n) is 7.90. The number of nitrogen functional groups attached to an aromatic ring is 1. The molecule has 2 N–H and O–H groups in total. The van der Waals surface area contributed by atoms with Gasteiger partial charge in [-0.05, 0) is 19.1 Å². The van der Waals surface area contributed by atoms with Crippen LogP contribution in [0.1, 0.15) is 6.92 Å². The predicted octanol–water partition coefficient (Wildman–Crippen LogP) is 1.61. The largest absolute Gasteiger partial charge is 0.492 e. The van der Waals surface area contributed by atoms with Crippen LogP contribution in [0.4, 0.5) is 5.82 Å². The van der Waals surface area contributed by atoms with Crippen molar-refractivity contribution in [3.05, 3.63) is 24.4 Å². The summed E-state index contributed by atoms with van der Waals surface area (Å²) in [6, 6.07) is 5.61. The van der Waals surface area contributed by atoms with Crippen LogP contribution >= 0.6 is 0 Å². The van der Waals surface area contributed by atoms with E-state index in [4.69, 9.17) is 10.5 Å². The summed E-state index contributed by atoms with van der Waals surface area (Å²) in [5, 5.41) is 0. The molecule has 4 nitrogen and oxygen atoms in total. The number of anilines is 1. The van der Waals surface area contributed by atoms with Crippen molar-refractivity contribution in [2.75, 3.05) is 12.3 Å². The zero-order chi connectivity index (χ0) is 9.97. The number of nitrogens with zero attached hydrogens (tertiary/aromatic N) is 2. The molecule has 14 heavy (non-hydrogen) atoms. The molecular formula is C10H11N3O. The second-order valence-corrected chi connectivity index (χ2v) is 2.85. The quantitative estimate of drug-likeness (QED) is 0.779. The van der Waals surface area contributed by atoms with Crippen LogP contribution in [0.2, 0.25) is 0 Å². The van der Waals surface area contributed by atoms with Crippen molar-refractivity contribution in [3.8, 4) is 5.75 Å². The third-order valence-corrected chi connectivity index (χ3v) is 1.85. The molecule has 0 aliphatic rings. The molecule has 0 bridgehead atoms. The van der Waals surface area contributed by atoms with E-state index < -0.39 is 0 Å². The van der Waals surface area contributed by atoms with E-state index in [2.05, 4.69) is 9.97 Å². The van der Waals surface area contributed by atoms with Gasteiger partial charge in [0.15, 0.2) is 0 Å². The predicted molar refractivity (Wildman–Crippen MR) is 55.1 cm³/mol. The summed E-state index contributed by atoms with van der Waals surface area (Å²) in [4.78, 5) is 8.34. The van der Waals surface area contributed by atoms with E-state index >= 15 is 0 Å². The highest BCUT2D eigenvalue weighted by molar-refractivity contribution is 5.81. The first-order valence-electron chi connectivity index (χ1n) is 4.45. The van der Waals surface area contributed by atoms with E-state index in [1.807, 2.05) is 25.1 Å². The van der Waals surface area contributed by atoms with E-state index in [9.17, 15) is 0 Å². The fourth-order valence-electron chi connectivity index (χ4n) is 1.30. The molecule has 1 aromatic carbocycles. The Bertz CT molecular complexity index is 456. The number of hydrogen-bond acceptors (Lipinski definition) is 4. The van der Waals surface area contributed by atoms with Crippen LogP contribution in [0.5, 0.6) is 5.75 Å². The van der Waals surface area contributed by atoms with Gasteiger partial charge in [-0.3, -0.25) is 0 Å². The van der Waals surface area contributed by atoms with Gasteiger partial charge in [0.1, 0.15) is 17.1 Å². The molecule has 0 saturated heterocycles. The first-order valence-corrected chi connectivity index (χ1v) is 4.45. The van der Waals surface area contributed by atoms with Crippen LogP contribution in [0.3, 0.4) is 0 Å². The fourth-order valence-corrected chi connectivity index (χ4v) is 1.30. The second kappa shape index (κ2) is 3.49. The fraction of sp³-hybridized carbons (Fsp3) is 0.200. The maximum absolute atomic E-state index is 5.53. The molecule has 0 saturated carbocycles. The van der Waals surface area contributed by atoms with E-state index in [1.165, 1.54) is 6.20 Å². The number of fused-ring (bicyclic) bond motifs is 1. The molecular weight excluding hydrogens is 178 g/mol. The number of nitrogens with two attached hydrogens (primary N) is 1. The smallest absolute Gasteiger partial charge is 0.147 e. The van der Waals surface area contributed by atoms with Gasteiger partial charge in [0.05, 0.1) is 18.3 Å².